The molecular weight excluding hydrogens is 276 g/mol. The summed E-state index contributed by atoms with van der Waals surface area (Å²) in [6, 6.07) is 1.02. The van der Waals surface area contributed by atoms with Crippen LogP contribution in [0.4, 0.5) is 9.59 Å². The summed E-state index contributed by atoms with van der Waals surface area (Å²) in [5.41, 5.74) is 2.36. The number of nitrogens with one attached hydrogen (secondary N) is 1. The lowest BCUT2D eigenvalue weighted by atomic mass is 10.5. The van der Waals surface area contributed by atoms with Crippen LogP contribution in [0.15, 0.2) is 12.2 Å². The maximum atomic E-state index is 11.7. The van der Waals surface area contributed by atoms with Crippen LogP contribution in [0.5, 0.6) is 0 Å². The number of hydrazine groups is 1. The highest BCUT2D eigenvalue weighted by Crippen LogP contribution is 2.08. The molecule has 0 aromatic carbocycles. The van der Waals surface area contributed by atoms with Crippen molar-refractivity contribution < 1.29 is 19.1 Å². The summed E-state index contributed by atoms with van der Waals surface area (Å²) in [6.07, 6.45) is 2.62. The second-order valence-corrected chi connectivity index (χ2v) is 10.9. The molecule has 0 aliphatic carbocycles. The van der Waals surface area contributed by atoms with Crippen LogP contribution in [-0.4, -0.2) is 45.0 Å². The Morgan fingerprint density at radius 3 is 2.20 bits per heavy atom. The second kappa shape index (κ2) is 9.41. The highest BCUT2D eigenvalue weighted by molar-refractivity contribution is 6.76. The molecule has 0 heterocycles. The molecule has 0 fully saturated rings. The first-order valence-electron chi connectivity index (χ1n) is 6.82. The average Bonchev–Trinajstić information content (AvgIpc) is 2.32. The molecule has 0 rings (SSSR count). The number of nitrogens with zero attached hydrogens (tertiary/aromatic N) is 1. The zero-order chi connectivity index (χ0) is 15.6. The zero-order valence-corrected chi connectivity index (χ0v) is 14.1. The first-order valence-corrected chi connectivity index (χ1v) is 10.5. The summed E-state index contributed by atoms with van der Waals surface area (Å²) in [4.78, 5) is 23.0. The van der Waals surface area contributed by atoms with Gasteiger partial charge in [-0.05, 0) is 19.9 Å². The maximum Gasteiger partial charge on any atom is 0.429 e. The minimum absolute atomic E-state index is 0.244. The van der Waals surface area contributed by atoms with Crippen LogP contribution in [0.3, 0.4) is 0 Å². The Kier molecular flexibility index (Phi) is 8.70. The van der Waals surface area contributed by atoms with E-state index in [0.29, 0.717) is 0 Å². The van der Waals surface area contributed by atoms with Gasteiger partial charge >= 0.3 is 12.2 Å². The molecular formula is C13H26N2O4Si. The third-order valence-electron chi connectivity index (χ3n) is 2.17. The van der Waals surface area contributed by atoms with Crippen LogP contribution in [0.1, 0.15) is 13.8 Å². The fourth-order valence-electron chi connectivity index (χ4n) is 1.26. The Hall–Kier alpha value is -1.50. The molecule has 0 saturated heterocycles. The van der Waals surface area contributed by atoms with Crippen molar-refractivity contribution in [1.29, 1.82) is 0 Å². The molecule has 1 N–H and O–H groups in total. The van der Waals surface area contributed by atoms with Crippen molar-refractivity contribution in [3.8, 4) is 0 Å². The summed E-state index contributed by atoms with van der Waals surface area (Å²) in [7, 11) is -1.15. The van der Waals surface area contributed by atoms with Crippen LogP contribution >= 0.6 is 0 Å². The molecule has 2 amide bonds. The van der Waals surface area contributed by atoms with Gasteiger partial charge in [-0.1, -0.05) is 31.8 Å². The Morgan fingerprint density at radius 2 is 1.70 bits per heavy atom. The number of allylic oxidation sites excluding steroid dienone is 1. The van der Waals surface area contributed by atoms with E-state index in [1.165, 1.54) is 0 Å². The summed E-state index contributed by atoms with van der Waals surface area (Å²) in [6.45, 7) is 10.9. The molecule has 0 aromatic rings. The van der Waals surface area contributed by atoms with Crippen molar-refractivity contribution in [2.45, 2.75) is 39.5 Å². The quantitative estimate of drug-likeness (QED) is 0.465. The number of hydrogen-bond acceptors (Lipinski definition) is 4. The van der Waals surface area contributed by atoms with E-state index in [2.05, 4.69) is 25.1 Å². The minimum atomic E-state index is -1.15. The molecule has 0 unspecified atom stereocenters. The monoisotopic (exact) mass is 302 g/mol. The van der Waals surface area contributed by atoms with Crippen LogP contribution in [-0.2, 0) is 9.47 Å². The Morgan fingerprint density at radius 1 is 1.10 bits per heavy atom. The second-order valence-electron chi connectivity index (χ2n) is 5.38. The number of amides is 2. The zero-order valence-electron chi connectivity index (χ0n) is 13.1. The number of carbonyl (C=O) groups excluding carboxylic acids is 2. The van der Waals surface area contributed by atoms with Gasteiger partial charge in [-0.2, -0.15) is 0 Å². The lowest BCUT2D eigenvalue weighted by Gasteiger charge is -2.20. The topological polar surface area (TPSA) is 67.9 Å². The summed E-state index contributed by atoms with van der Waals surface area (Å²) >= 11 is 0. The largest absolute Gasteiger partial charge is 0.449 e. The molecule has 6 nitrogen and oxygen atoms in total. The normalized spacial score (nSPS) is 11.2. The standard InChI is InChI=1S/C13H26N2O4Si/c1-6-18-12(16)14-15(13(17)19-7-2)10-8-9-11-20(3,4)5/h8-9H,6-7,10-11H2,1-5H3,(H,14,16)/b9-8+. The lowest BCUT2D eigenvalue weighted by Crippen LogP contribution is -2.46. The molecule has 0 radical (unpaired) electrons. The number of rotatable bonds is 6. The summed E-state index contributed by atoms with van der Waals surface area (Å²) < 4.78 is 9.62. The predicted octanol–water partition coefficient (Wildman–Crippen LogP) is 3.00. The van der Waals surface area contributed by atoms with E-state index in [4.69, 9.17) is 9.47 Å². The van der Waals surface area contributed by atoms with Crippen molar-refractivity contribution in [1.82, 2.24) is 10.4 Å². The molecule has 7 heteroatoms. The Labute approximate surface area is 122 Å². The van der Waals surface area contributed by atoms with E-state index in [1.807, 2.05) is 12.2 Å². The molecule has 0 aliphatic rings. The SMILES string of the molecule is CCOC(=O)NN(C/C=C/C[Si](C)(C)C)C(=O)OCC. The highest BCUT2D eigenvalue weighted by atomic mass is 28.3. The van der Waals surface area contributed by atoms with Crippen LogP contribution < -0.4 is 5.43 Å². The highest BCUT2D eigenvalue weighted by Gasteiger charge is 2.16. The van der Waals surface area contributed by atoms with Gasteiger partial charge in [0, 0.05) is 8.07 Å². The van der Waals surface area contributed by atoms with E-state index in [9.17, 15) is 9.59 Å². The van der Waals surface area contributed by atoms with E-state index in [-0.39, 0.29) is 19.8 Å². The van der Waals surface area contributed by atoms with Gasteiger partial charge in [0.15, 0.2) is 0 Å². The van der Waals surface area contributed by atoms with Gasteiger partial charge in [0.2, 0.25) is 0 Å². The summed E-state index contributed by atoms with van der Waals surface area (Å²) in [5, 5.41) is 1.10. The van der Waals surface area contributed by atoms with Crippen molar-refractivity contribution in [3.05, 3.63) is 12.2 Å². The van der Waals surface area contributed by atoms with Crippen LogP contribution in [0.2, 0.25) is 25.7 Å². The van der Waals surface area contributed by atoms with Gasteiger partial charge in [0.1, 0.15) is 0 Å². The molecule has 116 valence electrons. The number of carbonyl (C=O) groups is 2. The third kappa shape index (κ3) is 9.43. The molecule has 0 atom stereocenters. The fourth-order valence-corrected chi connectivity index (χ4v) is 2.13. The van der Waals surface area contributed by atoms with E-state index < -0.39 is 20.3 Å². The van der Waals surface area contributed by atoms with Crippen molar-refractivity contribution in [2.24, 2.45) is 0 Å². The Balaban J connectivity index is 4.45. The van der Waals surface area contributed by atoms with Crippen molar-refractivity contribution >= 4 is 20.3 Å². The van der Waals surface area contributed by atoms with E-state index >= 15 is 0 Å². The van der Waals surface area contributed by atoms with Crippen LogP contribution in [0.25, 0.3) is 0 Å². The molecule has 0 spiro atoms. The van der Waals surface area contributed by atoms with Gasteiger partial charge in [-0.25, -0.2) is 20.0 Å². The Bertz CT molecular complexity index is 340. The van der Waals surface area contributed by atoms with Gasteiger partial charge in [0.25, 0.3) is 0 Å². The maximum absolute atomic E-state index is 11.7. The first-order chi connectivity index (χ1) is 9.30. The molecule has 20 heavy (non-hydrogen) atoms. The van der Waals surface area contributed by atoms with Gasteiger partial charge in [0.05, 0.1) is 19.8 Å². The fraction of sp³-hybridized carbons (Fsp3) is 0.692. The van der Waals surface area contributed by atoms with Crippen molar-refractivity contribution in [2.75, 3.05) is 19.8 Å². The third-order valence-corrected chi connectivity index (χ3v) is 3.64. The predicted molar refractivity (Wildman–Crippen MR) is 81.2 cm³/mol. The van der Waals surface area contributed by atoms with Gasteiger partial charge in [-0.3, -0.25) is 0 Å². The minimum Gasteiger partial charge on any atom is -0.449 e. The van der Waals surface area contributed by atoms with Gasteiger partial charge in [-0.15, -0.1) is 0 Å². The smallest absolute Gasteiger partial charge is 0.429 e. The van der Waals surface area contributed by atoms with Crippen molar-refractivity contribution in [3.63, 3.8) is 0 Å². The molecule has 0 saturated carbocycles. The van der Waals surface area contributed by atoms with E-state index in [0.717, 1.165) is 11.1 Å². The molecule has 0 bridgehead atoms. The first kappa shape index (κ1) is 18.5. The molecule has 0 aromatic heterocycles. The van der Waals surface area contributed by atoms with E-state index in [1.54, 1.807) is 13.8 Å². The lowest BCUT2D eigenvalue weighted by molar-refractivity contribution is 0.0791. The van der Waals surface area contributed by atoms with Gasteiger partial charge < -0.3 is 9.47 Å². The van der Waals surface area contributed by atoms with Crippen LogP contribution in [0, 0.1) is 0 Å². The number of ether oxygens (including phenoxy) is 2. The molecule has 0 aliphatic heterocycles. The summed E-state index contributed by atoms with van der Waals surface area (Å²) in [5.74, 6) is 0. The number of hydrogen-bond donors (Lipinski definition) is 1. The average molecular weight is 302 g/mol.